The third kappa shape index (κ3) is 4.84. The Labute approximate surface area is 189 Å². The SMILES string of the molecule is CCNC(=NCc1cc2c(cc1OCC)CC(C)O2)N1CCN(C(=O)c2ccco2)CC1. The zero-order chi connectivity index (χ0) is 22.5. The number of carbonyl (C=O) groups excluding carboxylic acids is 1. The van der Waals surface area contributed by atoms with Crippen LogP contribution in [-0.4, -0.2) is 67.1 Å². The average molecular weight is 441 g/mol. The van der Waals surface area contributed by atoms with E-state index in [2.05, 4.69) is 36.2 Å². The third-order valence-electron chi connectivity index (χ3n) is 5.71. The summed E-state index contributed by atoms with van der Waals surface area (Å²) in [6.45, 7) is 10.7. The first-order valence-corrected chi connectivity index (χ1v) is 11.4. The van der Waals surface area contributed by atoms with Crippen molar-refractivity contribution in [3.8, 4) is 11.5 Å². The van der Waals surface area contributed by atoms with Gasteiger partial charge in [0.25, 0.3) is 5.91 Å². The molecule has 3 heterocycles. The van der Waals surface area contributed by atoms with Crippen LogP contribution in [0, 0.1) is 0 Å². The normalized spacial score (nSPS) is 18.3. The molecule has 1 atom stereocenters. The maximum atomic E-state index is 12.5. The number of furan rings is 1. The van der Waals surface area contributed by atoms with E-state index in [4.69, 9.17) is 18.9 Å². The van der Waals surface area contributed by atoms with Crippen LogP contribution >= 0.6 is 0 Å². The molecule has 4 rings (SSSR count). The maximum Gasteiger partial charge on any atom is 0.289 e. The van der Waals surface area contributed by atoms with Crippen molar-refractivity contribution in [2.75, 3.05) is 39.3 Å². The highest BCUT2D eigenvalue weighted by Crippen LogP contribution is 2.35. The van der Waals surface area contributed by atoms with Crippen LogP contribution in [0.1, 0.15) is 42.5 Å². The van der Waals surface area contributed by atoms with Crippen molar-refractivity contribution < 1.29 is 18.7 Å². The van der Waals surface area contributed by atoms with Crippen molar-refractivity contribution in [3.63, 3.8) is 0 Å². The number of hydrogen-bond donors (Lipinski definition) is 1. The van der Waals surface area contributed by atoms with Gasteiger partial charge in [0.1, 0.15) is 17.6 Å². The van der Waals surface area contributed by atoms with Crippen LogP contribution < -0.4 is 14.8 Å². The lowest BCUT2D eigenvalue weighted by Crippen LogP contribution is -2.53. The van der Waals surface area contributed by atoms with Crippen LogP contribution in [0.3, 0.4) is 0 Å². The predicted octanol–water partition coefficient (Wildman–Crippen LogP) is 2.93. The minimum atomic E-state index is -0.0645. The number of benzene rings is 1. The second-order valence-electron chi connectivity index (χ2n) is 8.06. The van der Waals surface area contributed by atoms with Crippen LogP contribution in [0.2, 0.25) is 0 Å². The Hall–Kier alpha value is -3.16. The van der Waals surface area contributed by atoms with E-state index in [-0.39, 0.29) is 12.0 Å². The molecule has 1 fully saturated rings. The zero-order valence-electron chi connectivity index (χ0n) is 19.1. The van der Waals surface area contributed by atoms with E-state index in [9.17, 15) is 4.79 Å². The molecular formula is C24H32N4O4. The van der Waals surface area contributed by atoms with Gasteiger partial charge in [-0.25, -0.2) is 4.99 Å². The quantitative estimate of drug-likeness (QED) is 0.550. The van der Waals surface area contributed by atoms with Crippen molar-refractivity contribution in [3.05, 3.63) is 47.4 Å². The van der Waals surface area contributed by atoms with Crippen LogP contribution in [0.4, 0.5) is 0 Å². The molecule has 2 aliphatic rings. The summed E-state index contributed by atoms with van der Waals surface area (Å²) in [5, 5.41) is 3.39. The molecule has 1 unspecified atom stereocenters. The number of guanidine groups is 1. The Morgan fingerprint density at radius 1 is 1.22 bits per heavy atom. The summed E-state index contributed by atoms with van der Waals surface area (Å²) >= 11 is 0. The first kappa shape index (κ1) is 22.0. The summed E-state index contributed by atoms with van der Waals surface area (Å²) in [5.74, 6) is 2.97. The fourth-order valence-corrected chi connectivity index (χ4v) is 4.16. The molecule has 1 saturated heterocycles. The van der Waals surface area contributed by atoms with Crippen molar-refractivity contribution in [2.45, 2.75) is 39.8 Å². The van der Waals surface area contributed by atoms with Crippen molar-refractivity contribution in [1.29, 1.82) is 0 Å². The van der Waals surface area contributed by atoms with Gasteiger partial charge < -0.3 is 29.0 Å². The van der Waals surface area contributed by atoms with Gasteiger partial charge in [0.2, 0.25) is 0 Å². The molecule has 8 nitrogen and oxygen atoms in total. The third-order valence-corrected chi connectivity index (χ3v) is 5.71. The molecule has 0 bridgehead atoms. The number of hydrogen-bond acceptors (Lipinski definition) is 5. The number of aliphatic imine (C=N–C) groups is 1. The van der Waals surface area contributed by atoms with Gasteiger partial charge in [0.05, 0.1) is 19.4 Å². The molecule has 0 spiro atoms. The fraction of sp³-hybridized carbons (Fsp3) is 0.500. The minimum Gasteiger partial charge on any atom is -0.494 e. The highest BCUT2D eigenvalue weighted by molar-refractivity contribution is 5.91. The van der Waals surface area contributed by atoms with Crippen molar-refractivity contribution in [2.24, 2.45) is 4.99 Å². The summed E-state index contributed by atoms with van der Waals surface area (Å²) in [5.41, 5.74) is 2.21. The topological polar surface area (TPSA) is 79.5 Å². The Balaban J connectivity index is 1.45. The molecule has 1 N–H and O–H groups in total. The van der Waals surface area contributed by atoms with Crippen molar-refractivity contribution >= 4 is 11.9 Å². The highest BCUT2D eigenvalue weighted by atomic mass is 16.5. The largest absolute Gasteiger partial charge is 0.494 e. The van der Waals surface area contributed by atoms with Crippen LogP contribution in [0.5, 0.6) is 11.5 Å². The number of fused-ring (bicyclic) bond motifs is 1. The number of rotatable bonds is 6. The number of nitrogens with one attached hydrogen (secondary N) is 1. The van der Waals surface area contributed by atoms with Gasteiger partial charge in [-0.3, -0.25) is 4.79 Å². The van der Waals surface area contributed by atoms with Crippen molar-refractivity contribution in [1.82, 2.24) is 15.1 Å². The van der Waals surface area contributed by atoms with E-state index in [0.717, 1.165) is 36.0 Å². The number of carbonyl (C=O) groups is 1. The molecule has 0 aliphatic carbocycles. The van der Waals surface area contributed by atoms with Gasteiger partial charge in [0.15, 0.2) is 11.7 Å². The van der Waals surface area contributed by atoms with E-state index in [1.54, 1.807) is 12.1 Å². The number of ether oxygens (including phenoxy) is 2. The molecule has 1 aromatic heterocycles. The van der Waals surface area contributed by atoms with Crippen LogP contribution in [0.15, 0.2) is 39.9 Å². The monoisotopic (exact) mass is 440 g/mol. The predicted molar refractivity (Wildman–Crippen MR) is 122 cm³/mol. The van der Waals surface area contributed by atoms with E-state index in [1.165, 1.54) is 11.8 Å². The van der Waals surface area contributed by atoms with E-state index < -0.39 is 0 Å². The Bertz CT molecular complexity index is 949. The molecule has 32 heavy (non-hydrogen) atoms. The Morgan fingerprint density at radius 2 is 2.00 bits per heavy atom. The number of amides is 1. The lowest BCUT2D eigenvalue weighted by molar-refractivity contribution is 0.0657. The zero-order valence-corrected chi connectivity index (χ0v) is 19.1. The fourth-order valence-electron chi connectivity index (χ4n) is 4.16. The molecule has 2 aromatic rings. The van der Waals surface area contributed by atoms with Crippen LogP contribution in [0.25, 0.3) is 0 Å². The van der Waals surface area contributed by atoms with Gasteiger partial charge in [0, 0.05) is 50.3 Å². The van der Waals surface area contributed by atoms with Gasteiger partial charge in [-0.15, -0.1) is 0 Å². The van der Waals surface area contributed by atoms with E-state index in [1.807, 2.05) is 11.8 Å². The van der Waals surface area contributed by atoms with Crippen LogP contribution in [-0.2, 0) is 13.0 Å². The molecule has 172 valence electrons. The second kappa shape index (κ2) is 9.97. The molecule has 1 aromatic carbocycles. The maximum absolute atomic E-state index is 12.5. The number of nitrogens with zero attached hydrogens (tertiary/aromatic N) is 3. The molecule has 2 aliphatic heterocycles. The first-order valence-electron chi connectivity index (χ1n) is 11.4. The smallest absolute Gasteiger partial charge is 0.289 e. The lowest BCUT2D eigenvalue weighted by atomic mass is 10.1. The highest BCUT2D eigenvalue weighted by Gasteiger charge is 2.26. The van der Waals surface area contributed by atoms with Gasteiger partial charge in [-0.2, -0.15) is 0 Å². The van der Waals surface area contributed by atoms with E-state index in [0.29, 0.717) is 45.1 Å². The van der Waals surface area contributed by atoms with Gasteiger partial charge >= 0.3 is 0 Å². The van der Waals surface area contributed by atoms with Gasteiger partial charge in [-0.1, -0.05) is 0 Å². The standard InChI is InChI=1S/C24H32N4O4/c1-4-25-24(28-10-8-27(9-11-28)23(29)20-7-6-12-31-20)26-16-19-15-22-18(13-17(3)32-22)14-21(19)30-5-2/h6-7,12,14-15,17H,4-5,8-11,13,16H2,1-3H3,(H,25,26). The van der Waals surface area contributed by atoms with E-state index >= 15 is 0 Å². The van der Waals surface area contributed by atoms with Gasteiger partial charge in [-0.05, 0) is 45.0 Å². The molecule has 0 saturated carbocycles. The molecular weight excluding hydrogens is 408 g/mol. The summed E-state index contributed by atoms with van der Waals surface area (Å²) in [6.07, 6.45) is 2.62. The number of piperazine rings is 1. The second-order valence-corrected chi connectivity index (χ2v) is 8.06. The minimum absolute atomic E-state index is 0.0645. The lowest BCUT2D eigenvalue weighted by Gasteiger charge is -2.36. The molecule has 0 radical (unpaired) electrons. The molecule has 1 amide bonds. The first-order chi connectivity index (χ1) is 15.6. The summed E-state index contributed by atoms with van der Waals surface area (Å²) in [7, 11) is 0. The Kier molecular flexibility index (Phi) is 6.87. The molecule has 8 heteroatoms. The summed E-state index contributed by atoms with van der Waals surface area (Å²) in [6, 6.07) is 7.61. The average Bonchev–Trinajstić information content (AvgIpc) is 3.45. The summed E-state index contributed by atoms with van der Waals surface area (Å²) in [4.78, 5) is 21.4. The Morgan fingerprint density at radius 3 is 2.69 bits per heavy atom. The summed E-state index contributed by atoms with van der Waals surface area (Å²) < 4.78 is 17.1.